The van der Waals surface area contributed by atoms with E-state index in [0.29, 0.717) is 6.54 Å². The molecule has 0 amide bonds. The van der Waals surface area contributed by atoms with E-state index in [1.54, 1.807) is 13.3 Å². The standard InChI is InChI=1S/C19H20N3O.HI/c1-21-12-4-3-6-18(21)9-7-16-8-10-19(23-2)17(14-16)15-22-13-5-11-20-22;/h3-14H,15H2,1-2H3;1H/q+1;/p-1/b9-7+;. The summed E-state index contributed by atoms with van der Waals surface area (Å²) < 4.78 is 9.44. The first-order valence-electron chi connectivity index (χ1n) is 7.53. The van der Waals surface area contributed by atoms with E-state index in [4.69, 9.17) is 4.74 Å². The first kappa shape index (κ1) is 18.2. The van der Waals surface area contributed by atoms with Gasteiger partial charge in [-0.1, -0.05) is 6.07 Å². The fourth-order valence-electron chi connectivity index (χ4n) is 2.49. The lowest BCUT2D eigenvalue weighted by atomic mass is 10.1. The summed E-state index contributed by atoms with van der Waals surface area (Å²) in [6.07, 6.45) is 10.00. The van der Waals surface area contributed by atoms with Crippen LogP contribution in [-0.2, 0) is 13.6 Å². The lowest BCUT2D eigenvalue weighted by Crippen LogP contribution is -3.00. The summed E-state index contributed by atoms with van der Waals surface area (Å²) in [5.74, 6) is 0.878. The highest BCUT2D eigenvalue weighted by Gasteiger charge is 2.05. The minimum absolute atomic E-state index is 0. The van der Waals surface area contributed by atoms with Crippen LogP contribution in [0.4, 0.5) is 0 Å². The van der Waals surface area contributed by atoms with Crippen LogP contribution in [0.5, 0.6) is 5.75 Å². The van der Waals surface area contributed by atoms with Crippen molar-refractivity contribution in [3.8, 4) is 5.75 Å². The lowest BCUT2D eigenvalue weighted by Gasteiger charge is -2.09. The SMILES string of the molecule is COc1ccc(/C=C/c2cccc[n+]2C)cc1Cn1cccn1.[I-]. The molecule has 0 bridgehead atoms. The van der Waals surface area contributed by atoms with E-state index in [2.05, 4.69) is 40.0 Å². The molecule has 3 aromatic rings. The van der Waals surface area contributed by atoms with E-state index in [1.165, 1.54) is 0 Å². The number of rotatable bonds is 5. The van der Waals surface area contributed by atoms with Gasteiger partial charge in [0, 0.05) is 36.2 Å². The monoisotopic (exact) mass is 433 g/mol. The maximum Gasteiger partial charge on any atom is 0.204 e. The molecule has 1 aromatic carbocycles. The van der Waals surface area contributed by atoms with Crippen molar-refractivity contribution in [2.45, 2.75) is 6.54 Å². The van der Waals surface area contributed by atoms with Gasteiger partial charge < -0.3 is 28.7 Å². The second-order valence-electron chi connectivity index (χ2n) is 5.34. The van der Waals surface area contributed by atoms with E-state index < -0.39 is 0 Å². The number of aromatic nitrogens is 3. The van der Waals surface area contributed by atoms with Crippen molar-refractivity contribution in [1.82, 2.24) is 9.78 Å². The molecule has 124 valence electrons. The number of hydrogen-bond donors (Lipinski definition) is 0. The Hall–Kier alpha value is -2.15. The third-order valence-electron chi connectivity index (χ3n) is 3.74. The summed E-state index contributed by atoms with van der Waals surface area (Å²) in [6.45, 7) is 0.691. The molecule has 4 nitrogen and oxygen atoms in total. The largest absolute Gasteiger partial charge is 1.00 e. The van der Waals surface area contributed by atoms with E-state index in [0.717, 1.165) is 22.6 Å². The fraction of sp³-hybridized carbons (Fsp3) is 0.158. The van der Waals surface area contributed by atoms with Crippen LogP contribution in [0, 0.1) is 0 Å². The molecule has 0 spiro atoms. The molecule has 0 saturated heterocycles. The van der Waals surface area contributed by atoms with E-state index in [9.17, 15) is 0 Å². The minimum Gasteiger partial charge on any atom is -1.00 e. The Balaban J connectivity index is 0.00000208. The van der Waals surface area contributed by atoms with Crippen molar-refractivity contribution in [2.24, 2.45) is 7.05 Å². The molecular weight excluding hydrogens is 413 g/mol. The Kier molecular flexibility index (Phi) is 6.54. The summed E-state index contributed by atoms with van der Waals surface area (Å²) in [5, 5.41) is 4.26. The average Bonchev–Trinajstić information content (AvgIpc) is 3.07. The maximum absolute atomic E-state index is 5.46. The highest BCUT2D eigenvalue weighted by Crippen LogP contribution is 2.22. The summed E-state index contributed by atoms with van der Waals surface area (Å²) in [7, 11) is 3.73. The van der Waals surface area contributed by atoms with Crippen LogP contribution in [0.25, 0.3) is 12.2 Å². The maximum atomic E-state index is 5.46. The quantitative estimate of drug-likeness (QED) is 0.417. The van der Waals surface area contributed by atoms with Gasteiger partial charge in [0.1, 0.15) is 12.8 Å². The highest BCUT2D eigenvalue weighted by atomic mass is 127. The molecule has 0 N–H and O–H groups in total. The summed E-state index contributed by atoms with van der Waals surface area (Å²) >= 11 is 0. The zero-order valence-corrected chi connectivity index (χ0v) is 15.9. The van der Waals surface area contributed by atoms with Crippen LogP contribution >= 0.6 is 0 Å². The molecule has 3 rings (SSSR count). The van der Waals surface area contributed by atoms with Crippen LogP contribution < -0.4 is 33.3 Å². The van der Waals surface area contributed by atoms with Crippen LogP contribution in [-0.4, -0.2) is 16.9 Å². The highest BCUT2D eigenvalue weighted by molar-refractivity contribution is 5.68. The number of methoxy groups -OCH3 is 1. The summed E-state index contributed by atoms with van der Waals surface area (Å²) in [6, 6.07) is 14.3. The third kappa shape index (κ3) is 4.44. The predicted octanol–water partition coefficient (Wildman–Crippen LogP) is -0.0611. The van der Waals surface area contributed by atoms with Crippen molar-refractivity contribution in [3.63, 3.8) is 0 Å². The van der Waals surface area contributed by atoms with Gasteiger partial charge in [-0.3, -0.25) is 4.68 Å². The average molecular weight is 433 g/mol. The molecule has 0 aliphatic heterocycles. The van der Waals surface area contributed by atoms with Crippen molar-refractivity contribution >= 4 is 12.2 Å². The second-order valence-corrected chi connectivity index (χ2v) is 5.34. The Labute approximate surface area is 159 Å². The summed E-state index contributed by atoms with van der Waals surface area (Å²) in [4.78, 5) is 0. The molecule has 0 radical (unpaired) electrons. The Morgan fingerprint density at radius 3 is 2.75 bits per heavy atom. The minimum atomic E-state index is 0. The smallest absolute Gasteiger partial charge is 0.204 e. The van der Waals surface area contributed by atoms with Crippen LogP contribution in [0.1, 0.15) is 16.8 Å². The van der Waals surface area contributed by atoms with Gasteiger partial charge in [0.2, 0.25) is 5.69 Å². The van der Waals surface area contributed by atoms with Crippen LogP contribution in [0.3, 0.4) is 0 Å². The van der Waals surface area contributed by atoms with Crippen molar-refractivity contribution in [3.05, 3.63) is 77.9 Å². The van der Waals surface area contributed by atoms with Crippen LogP contribution in [0.15, 0.2) is 61.1 Å². The lowest BCUT2D eigenvalue weighted by molar-refractivity contribution is -0.673. The topological polar surface area (TPSA) is 30.9 Å². The third-order valence-corrected chi connectivity index (χ3v) is 3.74. The van der Waals surface area contributed by atoms with Gasteiger partial charge in [0.05, 0.1) is 13.7 Å². The normalized spacial score (nSPS) is 10.6. The number of ether oxygens (including phenoxy) is 1. The Bertz CT molecular complexity index is 813. The number of hydrogen-bond acceptors (Lipinski definition) is 2. The molecule has 0 saturated carbocycles. The van der Waals surface area contributed by atoms with E-state index in [1.807, 2.05) is 48.4 Å². The van der Waals surface area contributed by atoms with Gasteiger partial charge in [0.25, 0.3) is 0 Å². The zero-order valence-electron chi connectivity index (χ0n) is 13.8. The van der Waals surface area contributed by atoms with Crippen molar-refractivity contribution in [2.75, 3.05) is 7.11 Å². The van der Waals surface area contributed by atoms with Gasteiger partial charge in [0.15, 0.2) is 6.20 Å². The molecule has 0 aliphatic carbocycles. The van der Waals surface area contributed by atoms with Gasteiger partial charge in [-0.15, -0.1) is 0 Å². The van der Waals surface area contributed by atoms with Gasteiger partial charge >= 0.3 is 0 Å². The molecule has 2 aromatic heterocycles. The van der Waals surface area contributed by atoms with Gasteiger partial charge in [-0.05, 0) is 35.9 Å². The number of aryl methyl sites for hydroxylation is 1. The van der Waals surface area contributed by atoms with E-state index >= 15 is 0 Å². The number of halogens is 1. The van der Waals surface area contributed by atoms with Gasteiger partial charge in [-0.2, -0.15) is 5.10 Å². The first-order chi connectivity index (χ1) is 11.3. The van der Waals surface area contributed by atoms with Crippen molar-refractivity contribution in [1.29, 1.82) is 0 Å². The molecule has 0 atom stereocenters. The molecule has 0 fully saturated rings. The molecule has 24 heavy (non-hydrogen) atoms. The fourth-order valence-corrected chi connectivity index (χ4v) is 2.49. The number of benzene rings is 1. The molecule has 5 heteroatoms. The number of nitrogens with zero attached hydrogens (tertiary/aromatic N) is 3. The van der Waals surface area contributed by atoms with Gasteiger partial charge in [-0.25, -0.2) is 4.57 Å². The second kappa shape index (κ2) is 8.63. The van der Waals surface area contributed by atoms with Crippen molar-refractivity contribution < 1.29 is 33.3 Å². The zero-order chi connectivity index (χ0) is 16.1. The summed E-state index contributed by atoms with van der Waals surface area (Å²) in [5.41, 5.74) is 3.39. The van der Waals surface area contributed by atoms with E-state index in [-0.39, 0.29) is 24.0 Å². The molecule has 0 unspecified atom stereocenters. The number of pyridine rings is 1. The Morgan fingerprint density at radius 2 is 2.04 bits per heavy atom. The molecular formula is C19H20IN3O. The molecule has 0 aliphatic rings. The Morgan fingerprint density at radius 1 is 1.17 bits per heavy atom. The molecule has 2 heterocycles. The van der Waals surface area contributed by atoms with Crippen LogP contribution in [0.2, 0.25) is 0 Å². The predicted molar refractivity (Wildman–Crippen MR) is 90.9 cm³/mol. The first-order valence-corrected chi connectivity index (χ1v) is 7.53.